The fourth-order valence-corrected chi connectivity index (χ4v) is 1.67. The highest BCUT2D eigenvalue weighted by Gasteiger charge is 2.17. The van der Waals surface area contributed by atoms with Gasteiger partial charge in [-0.25, -0.2) is 13.6 Å². The Morgan fingerprint density at radius 3 is 2.31 bits per heavy atom. The SMILES string of the molecule is CC(C)(C)c1ccc(F)c(N=S(C)(C)=O)n1. The van der Waals surface area contributed by atoms with Crippen LogP contribution in [0.5, 0.6) is 0 Å². The van der Waals surface area contributed by atoms with E-state index >= 15 is 0 Å². The quantitative estimate of drug-likeness (QED) is 0.762. The summed E-state index contributed by atoms with van der Waals surface area (Å²) in [6.07, 6.45) is 2.91. The van der Waals surface area contributed by atoms with Crippen LogP contribution in [0, 0.1) is 5.82 Å². The van der Waals surface area contributed by atoms with E-state index in [4.69, 9.17) is 0 Å². The van der Waals surface area contributed by atoms with E-state index < -0.39 is 15.5 Å². The highest BCUT2D eigenvalue weighted by molar-refractivity contribution is 7.92. The Morgan fingerprint density at radius 2 is 1.88 bits per heavy atom. The van der Waals surface area contributed by atoms with Gasteiger partial charge in [0.15, 0.2) is 11.6 Å². The van der Waals surface area contributed by atoms with E-state index in [0.717, 1.165) is 5.69 Å². The van der Waals surface area contributed by atoms with Gasteiger partial charge in [-0.1, -0.05) is 20.8 Å². The van der Waals surface area contributed by atoms with E-state index in [-0.39, 0.29) is 11.2 Å². The molecular weight excluding hydrogens is 227 g/mol. The highest BCUT2D eigenvalue weighted by atomic mass is 32.2. The molecule has 0 aromatic carbocycles. The Morgan fingerprint density at radius 1 is 1.31 bits per heavy atom. The molecule has 0 saturated heterocycles. The lowest BCUT2D eigenvalue weighted by Crippen LogP contribution is -2.13. The van der Waals surface area contributed by atoms with Gasteiger partial charge in [0.2, 0.25) is 0 Å². The molecule has 1 aromatic rings. The van der Waals surface area contributed by atoms with E-state index in [1.165, 1.54) is 18.6 Å². The van der Waals surface area contributed by atoms with Crippen molar-refractivity contribution in [1.29, 1.82) is 0 Å². The molecule has 90 valence electrons. The average molecular weight is 244 g/mol. The fourth-order valence-electron chi connectivity index (χ4n) is 1.12. The minimum absolute atomic E-state index is 0.0672. The third-order valence-electron chi connectivity index (χ3n) is 1.90. The van der Waals surface area contributed by atoms with Crippen LogP contribution in [-0.4, -0.2) is 21.7 Å². The van der Waals surface area contributed by atoms with Crippen LogP contribution in [0.1, 0.15) is 26.5 Å². The molecule has 16 heavy (non-hydrogen) atoms. The predicted octanol–water partition coefficient (Wildman–Crippen LogP) is 2.88. The topological polar surface area (TPSA) is 42.3 Å². The summed E-state index contributed by atoms with van der Waals surface area (Å²) >= 11 is 0. The van der Waals surface area contributed by atoms with Crippen LogP contribution in [0.4, 0.5) is 10.2 Å². The number of nitrogens with zero attached hydrogens (tertiary/aromatic N) is 2. The number of halogens is 1. The van der Waals surface area contributed by atoms with Crippen molar-refractivity contribution in [3.05, 3.63) is 23.6 Å². The maximum atomic E-state index is 13.4. The first-order valence-corrected chi connectivity index (χ1v) is 7.27. The summed E-state index contributed by atoms with van der Waals surface area (Å²) in [6, 6.07) is 2.94. The molecule has 0 spiro atoms. The van der Waals surface area contributed by atoms with Crippen molar-refractivity contribution >= 4 is 15.5 Å². The Hall–Kier alpha value is -0.970. The molecule has 0 atom stereocenters. The second-order valence-corrected chi connectivity index (χ2v) is 7.57. The maximum Gasteiger partial charge on any atom is 0.197 e. The third-order valence-corrected chi connectivity index (χ3v) is 2.51. The number of hydrogen-bond donors (Lipinski definition) is 0. The average Bonchev–Trinajstić information content (AvgIpc) is 2.04. The molecule has 0 unspecified atom stereocenters. The molecule has 0 aliphatic rings. The molecule has 0 bridgehead atoms. The monoisotopic (exact) mass is 244 g/mol. The van der Waals surface area contributed by atoms with Gasteiger partial charge in [-0.05, 0) is 12.1 Å². The van der Waals surface area contributed by atoms with Crippen LogP contribution < -0.4 is 0 Å². The first-order valence-electron chi connectivity index (χ1n) is 4.94. The Bertz CT molecular complexity index is 503. The van der Waals surface area contributed by atoms with Gasteiger partial charge in [0.1, 0.15) is 0 Å². The molecule has 5 heteroatoms. The third kappa shape index (κ3) is 3.56. The van der Waals surface area contributed by atoms with Gasteiger partial charge >= 0.3 is 0 Å². The molecule has 0 N–H and O–H groups in total. The van der Waals surface area contributed by atoms with E-state index in [9.17, 15) is 8.60 Å². The van der Waals surface area contributed by atoms with Crippen molar-refractivity contribution < 1.29 is 8.60 Å². The lowest BCUT2D eigenvalue weighted by molar-refractivity contribution is 0.559. The fraction of sp³-hybridized carbons (Fsp3) is 0.545. The van der Waals surface area contributed by atoms with Gasteiger partial charge in [0, 0.05) is 33.3 Å². The highest BCUT2D eigenvalue weighted by Crippen LogP contribution is 2.24. The summed E-state index contributed by atoms with van der Waals surface area (Å²) < 4.78 is 28.7. The van der Waals surface area contributed by atoms with Crippen molar-refractivity contribution in [2.45, 2.75) is 26.2 Å². The molecule has 0 radical (unpaired) electrons. The van der Waals surface area contributed by atoms with Crippen LogP contribution >= 0.6 is 0 Å². The maximum absolute atomic E-state index is 13.4. The number of rotatable bonds is 1. The predicted molar refractivity (Wildman–Crippen MR) is 65.0 cm³/mol. The molecule has 0 saturated carbocycles. The summed E-state index contributed by atoms with van der Waals surface area (Å²) in [5.41, 5.74) is 0.552. The Kier molecular flexibility index (Phi) is 3.38. The van der Waals surface area contributed by atoms with Crippen molar-refractivity contribution in [2.75, 3.05) is 12.5 Å². The second-order valence-electron chi connectivity index (χ2n) is 5.02. The normalized spacial score (nSPS) is 12.6. The van der Waals surface area contributed by atoms with Crippen molar-refractivity contribution in [3.63, 3.8) is 0 Å². The molecule has 0 aliphatic heterocycles. The van der Waals surface area contributed by atoms with Crippen molar-refractivity contribution in [3.8, 4) is 0 Å². The van der Waals surface area contributed by atoms with Gasteiger partial charge in [-0.3, -0.25) is 0 Å². The van der Waals surface area contributed by atoms with Crippen molar-refractivity contribution in [1.82, 2.24) is 4.98 Å². The Balaban J connectivity index is 3.37. The molecule has 0 fully saturated rings. The van der Waals surface area contributed by atoms with E-state index in [1.807, 2.05) is 20.8 Å². The standard InChI is InChI=1S/C11H17FN2OS/c1-11(2,3)9-7-6-8(12)10(13-9)14-16(4,5)15/h6-7H,1-5H3. The zero-order valence-electron chi connectivity index (χ0n) is 10.2. The van der Waals surface area contributed by atoms with Crippen LogP contribution in [-0.2, 0) is 15.1 Å². The van der Waals surface area contributed by atoms with E-state index in [0.29, 0.717) is 0 Å². The summed E-state index contributed by atoms with van der Waals surface area (Å²) in [6.45, 7) is 5.94. The second kappa shape index (κ2) is 4.13. The lowest BCUT2D eigenvalue weighted by Gasteiger charge is -2.17. The van der Waals surface area contributed by atoms with Gasteiger partial charge in [-0.15, -0.1) is 0 Å². The number of hydrogen-bond acceptors (Lipinski definition) is 3. The van der Waals surface area contributed by atoms with Gasteiger partial charge in [-0.2, -0.15) is 4.36 Å². The zero-order valence-corrected chi connectivity index (χ0v) is 11.1. The van der Waals surface area contributed by atoms with Gasteiger partial charge in [0.05, 0.1) is 0 Å². The van der Waals surface area contributed by atoms with Gasteiger partial charge < -0.3 is 0 Å². The first kappa shape index (κ1) is 13.1. The minimum Gasteiger partial charge on any atom is -0.250 e. The van der Waals surface area contributed by atoms with E-state index in [2.05, 4.69) is 9.35 Å². The smallest absolute Gasteiger partial charge is 0.197 e. The number of pyridine rings is 1. The molecule has 1 rings (SSSR count). The summed E-state index contributed by atoms with van der Waals surface area (Å²) in [5.74, 6) is -0.605. The largest absolute Gasteiger partial charge is 0.250 e. The number of aromatic nitrogens is 1. The molecule has 1 aromatic heterocycles. The molecule has 3 nitrogen and oxygen atoms in total. The van der Waals surface area contributed by atoms with Crippen LogP contribution in [0.3, 0.4) is 0 Å². The summed E-state index contributed by atoms with van der Waals surface area (Å²) in [7, 11) is -2.39. The van der Waals surface area contributed by atoms with Crippen LogP contribution in [0.15, 0.2) is 16.5 Å². The summed E-state index contributed by atoms with van der Waals surface area (Å²) in [4.78, 5) is 4.11. The molecule has 0 aliphatic carbocycles. The minimum atomic E-state index is -2.39. The zero-order chi connectivity index (χ0) is 12.6. The summed E-state index contributed by atoms with van der Waals surface area (Å²) in [5, 5.41) is 0. The van der Waals surface area contributed by atoms with Crippen LogP contribution in [0.25, 0.3) is 0 Å². The molecule has 1 heterocycles. The first-order chi connectivity index (χ1) is 7.09. The van der Waals surface area contributed by atoms with E-state index in [1.54, 1.807) is 6.07 Å². The van der Waals surface area contributed by atoms with Crippen LogP contribution in [0.2, 0.25) is 0 Å². The molecule has 0 amide bonds. The lowest BCUT2D eigenvalue weighted by atomic mass is 9.92. The Labute approximate surface area is 96.3 Å². The van der Waals surface area contributed by atoms with Gasteiger partial charge in [0.25, 0.3) is 0 Å². The molecular formula is C11H17FN2OS. The van der Waals surface area contributed by atoms with Crippen molar-refractivity contribution in [2.24, 2.45) is 4.36 Å².